The van der Waals surface area contributed by atoms with Gasteiger partial charge in [0, 0.05) is 11.1 Å². The van der Waals surface area contributed by atoms with Gasteiger partial charge in [0.2, 0.25) is 0 Å². The van der Waals surface area contributed by atoms with Crippen molar-refractivity contribution in [1.82, 2.24) is 0 Å². The lowest BCUT2D eigenvalue weighted by Crippen LogP contribution is -2.27. The summed E-state index contributed by atoms with van der Waals surface area (Å²) in [5, 5.41) is 0.212. The second kappa shape index (κ2) is 5.42. The topological polar surface area (TPSA) is 50.5 Å². The molecule has 106 valence electrons. The second-order valence-corrected chi connectivity index (χ2v) is 5.87. The van der Waals surface area contributed by atoms with E-state index >= 15 is 0 Å². The maximum Gasteiger partial charge on any atom is 0.298 e. The van der Waals surface area contributed by atoms with Crippen LogP contribution >= 0.6 is 23.4 Å². The van der Waals surface area contributed by atoms with Gasteiger partial charge in [-0.25, -0.2) is 4.90 Å². The monoisotopic (exact) mass is 319 g/mol. The third-order valence-corrected chi connectivity index (χ3v) is 4.03. The van der Waals surface area contributed by atoms with Crippen LogP contribution in [0.2, 0.25) is 5.02 Å². The molecule has 21 heavy (non-hydrogen) atoms. The summed E-state index contributed by atoms with van der Waals surface area (Å²) in [5.41, 5.74) is 0.501. The van der Waals surface area contributed by atoms with E-state index in [1.165, 1.54) is 0 Å². The molecule has 0 aliphatic carbocycles. The zero-order valence-electron chi connectivity index (χ0n) is 11.0. The number of imide groups is 1. The Morgan fingerprint density at radius 2 is 1.86 bits per heavy atom. The van der Waals surface area contributed by atoms with Crippen molar-refractivity contribution in [2.75, 3.05) is 4.90 Å². The van der Waals surface area contributed by atoms with E-state index in [9.17, 15) is 9.59 Å². The lowest BCUT2D eigenvalue weighted by Gasteiger charge is -2.11. The molecule has 1 fully saturated rings. The minimum Gasteiger partial charge on any atom is -0.462 e. The molecule has 1 aliphatic rings. The van der Waals surface area contributed by atoms with E-state index in [-0.39, 0.29) is 11.1 Å². The molecule has 0 spiro atoms. The number of aryl methyl sites for hydroxylation is 1. The number of hydrogen-bond donors (Lipinski definition) is 0. The summed E-state index contributed by atoms with van der Waals surface area (Å²) < 4.78 is 5.40. The first kappa shape index (κ1) is 14.0. The van der Waals surface area contributed by atoms with E-state index < -0.39 is 0 Å². The van der Waals surface area contributed by atoms with E-state index in [2.05, 4.69) is 0 Å². The molecule has 1 saturated heterocycles. The third-order valence-electron chi connectivity index (χ3n) is 2.91. The third kappa shape index (κ3) is 2.75. The van der Waals surface area contributed by atoms with E-state index in [4.69, 9.17) is 16.0 Å². The van der Waals surface area contributed by atoms with E-state index in [1.54, 1.807) is 42.5 Å². The highest BCUT2D eigenvalue weighted by Crippen LogP contribution is 2.36. The van der Waals surface area contributed by atoms with Crippen molar-refractivity contribution in [1.29, 1.82) is 0 Å². The molecule has 2 aromatic rings. The average molecular weight is 320 g/mol. The van der Waals surface area contributed by atoms with Gasteiger partial charge in [0.05, 0.1) is 10.6 Å². The predicted octanol–water partition coefficient (Wildman–Crippen LogP) is 4.48. The molecule has 3 rings (SSSR count). The Bertz CT molecular complexity index is 749. The quantitative estimate of drug-likeness (QED) is 0.766. The van der Waals surface area contributed by atoms with Crippen LogP contribution in [0, 0.1) is 6.92 Å². The standard InChI is InChI=1S/C15H10ClNO3S/c1-9-2-7-12(20-9)8-13-14(18)17(15(19)21-13)11-5-3-10(16)4-6-11/h2-8H,1H3. The van der Waals surface area contributed by atoms with Crippen LogP contribution in [0.4, 0.5) is 10.5 Å². The van der Waals surface area contributed by atoms with Gasteiger partial charge in [-0.3, -0.25) is 9.59 Å². The SMILES string of the molecule is Cc1ccc(C=C2SC(=O)N(c3ccc(Cl)cc3)C2=O)o1. The molecule has 2 amide bonds. The van der Waals surface area contributed by atoms with E-state index in [0.717, 1.165) is 22.4 Å². The summed E-state index contributed by atoms with van der Waals surface area (Å²) >= 11 is 6.70. The van der Waals surface area contributed by atoms with E-state index in [0.29, 0.717) is 21.4 Å². The number of carbonyl (C=O) groups excluding carboxylic acids is 2. The lowest BCUT2D eigenvalue weighted by molar-refractivity contribution is -0.113. The van der Waals surface area contributed by atoms with Gasteiger partial charge in [0.25, 0.3) is 11.1 Å². The summed E-state index contributed by atoms with van der Waals surface area (Å²) in [4.78, 5) is 25.9. The van der Waals surface area contributed by atoms with Crippen molar-refractivity contribution in [3.05, 3.63) is 57.8 Å². The highest BCUT2D eigenvalue weighted by Gasteiger charge is 2.36. The first-order valence-electron chi connectivity index (χ1n) is 6.14. The van der Waals surface area contributed by atoms with Gasteiger partial charge in [0.15, 0.2) is 0 Å². The lowest BCUT2D eigenvalue weighted by atomic mass is 10.3. The molecule has 4 nitrogen and oxygen atoms in total. The normalized spacial score (nSPS) is 17.0. The molecule has 0 radical (unpaired) electrons. The molecule has 1 aliphatic heterocycles. The Balaban J connectivity index is 1.92. The summed E-state index contributed by atoms with van der Waals surface area (Å²) in [6.45, 7) is 1.82. The van der Waals surface area contributed by atoms with Gasteiger partial charge in [-0.2, -0.15) is 0 Å². The molecular weight excluding hydrogens is 310 g/mol. The summed E-state index contributed by atoms with van der Waals surface area (Å²) in [5.74, 6) is 0.939. The van der Waals surface area contributed by atoms with Crippen molar-refractivity contribution >= 4 is 46.3 Å². The number of amides is 2. The Morgan fingerprint density at radius 3 is 2.48 bits per heavy atom. The minimum atomic E-state index is -0.360. The van der Waals surface area contributed by atoms with Crippen molar-refractivity contribution in [3.63, 3.8) is 0 Å². The zero-order valence-corrected chi connectivity index (χ0v) is 12.6. The van der Waals surface area contributed by atoms with Gasteiger partial charge >= 0.3 is 0 Å². The van der Waals surface area contributed by atoms with E-state index in [1.807, 2.05) is 6.92 Å². The molecule has 0 unspecified atom stereocenters. The average Bonchev–Trinajstić information content (AvgIpc) is 2.96. The number of rotatable bonds is 2. The molecule has 2 heterocycles. The Labute approximate surface area is 130 Å². The van der Waals surface area contributed by atoms with Crippen LogP contribution in [0.1, 0.15) is 11.5 Å². The predicted molar refractivity (Wildman–Crippen MR) is 83.3 cm³/mol. The Kier molecular flexibility index (Phi) is 3.61. The first-order valence-corrected chi connectivity index (χ1v) is 7.34. The molecule has 0 saturated carbocycles. The number of furan rings is 1. The largest absolute Gasteiger partial charge is 0.462 e. The summed E-state index contributed by atoms with van der Waals surface area (Å²) in [6.07, 6.45) is 1.58. The molecular formula is C15H10ClNO3S. The van der Waals surface area contributed by atoms with Crippen molar-refractivity contribution < 1.29 is 14.0 Å². The van der Waals surface area contributed by atoms with Crippen molar-refractivity contribution in [2.24, 2.45) is 0 Å². The fraction of sp³-hybridized carbons (Fsp3) is 0.0667. The van der Waals surface area contributed by atoms with Crippen molar-refractivity contribution in [2.45, 2.75) is 6.92 Å². The Morgan fingerprint density at radius 1 is 1.14 bits per heavy atom. The highest BCUT2D eigenvalue weighted by molar-refractivity contribution is 8.19. The van der Waals surface area contributed by atoms with Crippen LogP contribution in [0.3, 0.4) is 0 Å². The molecule has 0 N–H and O–H groups in total. The number of benzene rings is 1. The van der Waals surface area contributed by atoms with Gasteiger partial charge in [0.1, 0.15) is 11.5 Å². The smallest absolute Gasteiger partial charge is 0.298 e. The number of halogens is 1. The summed E-state index contributed by atoms with van der Waals surface area (Å²) in [6, 6.07) is 10.1. The van der Waals surface area contributed by atoms with Crippen LogP contribution in [-0.2, 0) is 4.79 Å². The van der Waals surface area contributed by atoms with Crippen LogP contribution in [0.15, 0.2) is 45.7 Å². The van der Waals surface area contributed by atoms with Gasteiger partial charge in [-0.05, 0) is 55.1 Å². The number of nitrogens with zero attached hydrogens (tertiary/aromatic N) is 1. The molecule has 1 aromatic carbocycles. The van der Waals surface area contributed by atoms with Crippen LogP contribution in [-0.4, -0.2) is 11.1 Å². The van der Waals surface area contributed by atoms with Gasteiger partial charge in [-0.1, -0.05) is 11.6 Å². The van der Waals surface area contributed by atoms with Crippen molar-refractivity contribution in [3.8, 4) is 0 Å². The maximum atomic E-state index is 12.4. The molecule has 0 bridgehead atoms. The molecule has 0 atom stereocenters. The molecule has 1 aromatic heterocycles. The number of thioether (sulfide) groups is 1. The zero-order chi connectivity index (χ0) is 15.0. The van der Waals surface area contributed by atoms with Gasteiger partial charge in [-0.15, -0.1) is 0 Å². The number of carbonyl (C=O) groups is 2. The fourth-order valence-electron chi connectivity index (χ4n) is 1.94. The van der Waals surface area contributed by atoms with Gasteiger partial charge < -0.3 is 4.42 Å². The fourth-order valence-corrected chi connectivity index (χ4v) is 2.89. The number of anilines is 1. The second-order valence-electron chi connectivity index (χ2n) is 4.44. The van der Waals surface area contributed by atoms with Crippen LogP contribution in [0.25, 0.3) is 6.08 Å². The van der Waals surface area contributed by atoms with Crippen LogP contribution in [0.5, 0.6) is 0 Å². The Hall–Kier alpha value is -1.98. The summed E-state index contributed by atoms with van der Waals surface area (Å²) in [7, 11) is 0. The maximum absolute atomic E-state index is 12.4. The number of hydrogen-bond acceptors (Lipinski definition) is 4. The molecule has 6 heteroatoms. The minimum absolute atomic E-state index is 0.336. The highest BCUT2D eigenvalue weighted by atomic mass is 35.5. The van der Waals surface area contributed by atoms with Crippen LogP contribution < -0.4 is 4.90 Å². The first-order chi connectivity index (χ1) is 10.0.